The maximum absolute atomic E-state index is 11.5. The van der Waals surface area contributed by atoms with Gasteiger partial charge in [-0.2, -0.15) is 0 Å². The second-order valence-electron chi connectivity index (χ2n) is 4.53. The average Bonchev–Trinajstić information content (AvgIpc) is 2.76. The first-order valence-electron chi connectivity index (χ1n) is 6.01. The van der Waals surface area contributed by atoms with Gasteiger partial charge in [-0.3, -0.25) is 4.79 Å². The molecule has 1 aromatic carbocycles. The van der Waals surface area contributed by atoms with Crippen LogP contribution in [0.3, 0.4) is 0 Å². The van der Waals surface area contributed by atoms with Gasteiger partial charge in [0, 0.05) is 11.8 Å². The number of nitrogens with one attached hydrogen (secondary N) is 1. The Kier molecular flexibility index (Phi) is 4.82. The number of carbonyl (C=O) groups excluding carboxylic acids is 1. The van der Waals surface area contributed by atoms with Crippen LogP contribution in [-0.4, -0.2) is 24.5 Å². The van der Waals surface area contributed by atoms with Gasteiger partial charge in [-0.25, -0.2) is 0 Å². The van der Waals surface area contributed by atoms with Gasteiger partial charge < -0.3 is 14.8 Å². The summed E-state index contributed by atoms with van der Waals surface area (Å²) in [6.45, 7) is 4.10. The van der Waals surface area contributed by atoms with Crippen molar-refractivity contribution in [1.82, 2.24) is 5.32 Å². The van der Waals surface area contributed by atoms with Crippen molar-refractivity contribution >= 4 is 29.3 Å². The Morgan fingerprint density at radius 3 is 3.00 bits per heavy atom. The van der Waals surface area contributed by atoms with Gasteiger partial charge in [0.25, 0.3) is 0 Å². The predicted molar refractivity (Wildman–Crippen MR) is 77.0 cm³/mol. The molecule has 0 unspecified atom stereocenters. The summed E-state index contributed by atoms with van der Waals surface area (Å²) >= 11 is 7.64. The summed E-state index contributed by atoms with van der Waals surface area (Å²) in [5, 5.41) is 3.40. The highest BCUT2D eigenvalue weighted by atomic mass is 35.5. The molecule has 0 atom stereocenters. The lowest BCUT2D eigenvalue weighted by molar-refractivity contribution is -0.119. The molecule has 104 valence electrons. The first-order valence-corrected chi connectivity index (χ1v) is 7.54. The molecule has 0 spiro atoms. The zero-order chi connectivity index (χ0) is 13.8. The predicted octanol–water partition coefficient (Wildman–Crippen LogP) is 2.83. The summed E-state index contributed by atoms with van der Waals surface area (Å²) < 4.78 is 10.6. The van der Waals surface area contributed by atoms with Crippen molar-refractivity contribution in [2.45, 2.75) is 25.6 Å². The molecular weight excluding hydrogens is 286 g/mol. The molecule has 1 amide bonds. The Bertz CT molecular complexity index is 479. The van der Waals surface area contributed by atoms with E-state index in [4.69, 9.17) is 21.1 Å². The van der Waals surface area contributed by atoms with E-state index in [1.54, 1.807) is 11.8 Å². The maximum atomic E-state index is 11.5. The van der Waals surface area contributed by atoms with Gasteiger partial charge in [-0.15, -0.1) is 11.8 Å². The molecule has 0 aliphatic carbocycles. The number of benzene rings is 1. The Labute approximate surface area is 121 Å². The molecule has 0 saturated heterocycles. The maximum Gasteiger partial charge on any atom is 0.231 e. The quantitative estimate of drug-likeness (QED) is 0.908. The summed E-state index contributed by atoms with van der Waals surface area (Å²) in [6.07, 6.45) is 0. The normalized spacial score (nSPS) is 12.8. The largest absolute Gasteiger partial charge is 0.454 e. The average molecular weight is 302 g/mol. The fourth-order valence-electron chi connectivity index (χ4n) is 1.73. The minimum absolute atomic E-state index is 0.0480. The minimum atomic E-state index is 0.0480. The monoisotopic (exact) mass is 301 g/mol. The summed E-state index contributed by atoms with van der Waals surface area (Å²) in [4.78, 5) is 11.5. The van der Waals surface area contributed by atoms with Crippen LogP contribution in [-0.2, 0) is 10.5 Å². The Hall–Kier alpha value is -1.07. The van der Waals surface area contributed by atoms with Gasteiger partial charge in [-0.05, 0) is 31.5 Å². The Morgan fingerprint density at radius 2 is 2.26 bits per heavy atom. The second-order valence-corrected chi connectivity index (χ2v) is 5.92. The molecule has 19 heavy (non-hydrogen) atoms. The van der Waals surface area contributed by atoms with E-state index in [0.29, 0.717) is 28.0 Å². The number of carbonyl (C=O) groups is 1. The zero-order valence-electron chi connectivity index (χ0n) is 10.9. The lowest BCUT2D eigenvalue weighted by atomic mass is 10.2. The standard InChI is InChI=1S/C13H16ClNO3S/c1-8(2)15-12(16)6-19-5-9-3-10(14)13-11(4-9)17-7-18-13/h3-4,8H,5-7H2,1-2H3,(H,15,16). The fourth-order valence-corrected chi connectivity index (χ4v) is 2.79. The zero-order valence-corrected chi connectivity index (χ0v) is 12.4. The summed E-state index contributed by atoms with van der Waals surface area (Å²) in [7, 11) is 0. The lowest BCUT2D eigenvalue weighted by Crippen LogP contribution is -2.31. The van der Waals surface area contributed by atoms with E-state index in [9.17, 15) is 4.79 Å². The van der Waals surface area contributed by atoms with E-state index in [1.807, 2.05) is 26.0 Å². The van der Waals surface area contributed by atoms with Crippen LogP contribution < -0.4 is 14.8 Å². The number of halogens is 1. The van der Waals surface area contributed by atoms with E-state index < -0.39 is 0 Å². The van der Waals surface area contributed by atoms with E-state index in [-0.39, 0.29) is 18.7 Å². The van der Waals surface area contributed by atoms with Crippen LogP contribution in [0.15, 0.2) is 12.1 Å². The van der Waals surface area contributed by atoms with Gasteiger partial charge in [0.15, 0.2) is 11.5 Å². The van der Waals surface area contributed by atoms with Crippen molar-refractivity contribution in [3.8, 4) is 11.5 Å². The highest BCUT2D eigenvalue weighted by Crippen LogP contribution is 2.40. The third kappa shape index (κ3) is 3.94. The molecule has 2 rings (SSSR count). The highest BCUT2D eigenvalue weighted by Gasteiger charge is 2.18. The number of ether oxygens (including phenoxy) is 2. The van der Waals surface area contributed by atoms with Gasteiger partial charge in [0.2, 0.25) is 12.7 Å². The Balaban J connectivity index is 1.87. The van der Waals surface area contributed by atoms with Crippen LogP contribution in [0, 0.1) is 0 Å². The van der Waals surface area contributed by atoms with E-state index in [1.165, 1.54) is 0 Å². The number of rotatable bonds is 5. The molecule has 0 radical (unpaired) electrons. The molecule has 0 fully saturated rings. The molecule has 1 heterocycles. The third-order valence-electron chi connectivity index (χ3n) is 2.44. The highest BCUT2D eigenvalue weighted by molar-refractivity contribution is 7.99. The third-order valence-corrected chi connectivity index (χ3v) is 3.72. The van der Waals surface area contributed by atoms with Gasteiger partial charge in [0.1, 0.15) is 0 Å². The SMILES string of the molecule is CC(C)NC(=O)CSCc1cc(Cl)c2c(c1)OCO2. The van der Waals surface area contributed by atoms with E-state index in [0.717, 1.165) is 5.56 Å². The molecule has 1 aliphatic rings. The number of hydrogen-bond donors (Lipinski definition) is 1. The molecule has 1 N–H and O–H groups in total. The molecule has 0 saturated carbocycles. The summed E-state index contributed by atoms with van der Waals surface area (Å²) in [6, 6.07) is 3.93. The molecule has 4 nitrogen and oxygen atoms in total. The summed E-state index contributed by atoms with van der Waals surface area (Å²) in [5.74, 6) is 2.47. The van der Waals surface area contributed by atoms with Crippen molar-refractivity contribution in [3.63, 3.8) is 0 Å². The first-order chi connectivity index (χ1) is 9.06. The molecule has 6 heteroatoms. The number of fused-ring (bicyclic) bond motifs is 1. The number of thioether (sulfide) groups is 1. The van der Waals surface area contributed by atoms with Crippen molar-refractivity contribution in [1.29, 1.82) is 0 Å². The van der Waals surface area contributed by atoms with E-state index >= 15 is 0 Å². The van der Waals surface area contributed by atoms with Gasteiger partial charge in [-0.1, -0.05) is 11.6 Å². The van der Waals surface area contributed by atoms with Crippen LogP contribution in [0.1, 0.15) is 19.4 Å². The topological polar surface area (TPSA) is 47.6 Å². The van der Waals surface area contributed by atoms with E-state index in [2.05, 4.69) is 5.32 Å². The van der Waals surface area contributed by atoms with Crippen LogP contribution in [0.2, 0.25) is 5.02 Å². The van der Waals surface area contributed by atoms with Gasteiger partial charge in [0.05, 0.1) is 10.8 Å². The Morgan fingerprint density at radius 1 is 1.47 bits per heavy atom. The van der Waals surface area contributed by atoms with Crippen LogP contribution in [0.5, 0.6) is 11.5 Å². The molecule has 0 bridgehead atoms. The second kappa shape index (κ2) is 6.39. The molecule has 1 aromatic rings. The van der Waals surface area contributed by atoms with Crippen LogP contribution in [0.4, 0.5) is 0 Å². The summed E-state index contributed by atoms with van der Waals surface area (Å²) in [5.41, 5.74) is 1.02. The van der Waals surface area contributed by atoms with Crippen molar-refractivity contribution < 1.29 is 14.3 Å². The molecule has 1 aliphatic heterocycles. The van der Waals surface area contributed by atoms with Crippen molar-refractivity contribution in [3.05, 3.63) is 22.7 Å². The molecule has 0 aromatic heterocycles. The molecular formula is C13H16ClNO3S. The van der Waals surface area contributed by atoms with Crippen molar-refractivity contribution in [2.75, 3.05) is 12.5 Å². The lowest BCUT2D eigenvalue weighted by Gasteiger charge is -2.08. The van der Waals surface area contributed by atoms with Crippen LogP contribution >= 0.6 is 23.4 Å². The number of amides is 1. The smallest absolute Gasteiger partial charge is 0.231 e. The van der Waals surface area contributed by atoms with Crippen molar-refractivity contribution in [2.24, 2.45) is 0 Å². The fraction of sp³-hybridized carbons (Fsp3) is 0.462. The number of hydrogen-bond acceptors (Lipinski definition) is 4. The van der Waals surface area contributed by atoms with Gasteiger partial charge >= 0.3 is 0 Å². The minimum Gasteiger partial charge on any atom is -0.454 e. The first kappa shape index (κ1) is 14.3. The van der Waals surface area contributed by atoms with Crippen LogP contribution in [0.25, 0.3) is 0 Å².